The lowest BCUT2D eigenvalue weighted by atomic mass is 10.1. The molecular weight excluding hydrogens is 368 g/mol. The standard InChI is InChI=1S/C19H22N2O3S2/c1-12-11-15-16(25-12)17(22)21(10-9-14-7-5-4-6-8-14)19(20-15)26-13(2)18(23)24-3/h4-8,12-13H,9-11H2,1-3H3/t12-,13-/m0/s1. The predicted molar refractivity (Wildman–Crippen MR) is 105 cm³/mol. The van der Waals surface area contributed by atoms with Crippen molar-refractivity contribution in [1.82, 2.24) is 9.55 Å². The van der Waals surface area contributed by atoms with E-state index in [-0.39, 0.29) is 11.5 Å². The van der Waals surface area contributed by atoms with Crippen molar-refractivity contribution >= 4 is 29.5 Å². The largest absolute Gasteiger partial charge is 0.468 e. The first kappa shape index (κ1) is 19.0. The Hall–Kier alpha value is -1.73. The minimum absolute atomic E-state index is 0.000142. The molecule has 0 fully saturated rings. The zero-order valence-corrected chi connectivity index (χ0v) is 16.7. The molecule has 1 aliphatic rings. The minimum Gasteiger partial charge on any atom is -0.468 e. The summed E-state index contributed by atoms with van der Waals surface area (Å²) in [6, 6.07) is 10.1. The molecule has 2 atom stereocenters. The number of carbonyl (C=O) groups excluding carboxylic acids is 1. The Labute approximate surface area is 161 Å². The van der Waals surface area contributed by atoms with Crippen molar-refractivity contribution in [3.8, 4) is 0 Å². The van der Waals surface area contributed by atoms with E-state index in [1.807, 2.05) is 30.3 Å². The normalized spacial score (nSPS) is 17.0. The van der Waals surface area contributed by atoms with Crippen LogP contribution in [0.5, 0.6) is 0 Å². The summed E-state index contributed by atoms with van der Waals surface area (Å²) in [6.45, 7) is 4.41. The summed E-state index contributed by atoms with van der Waals surface area (Å²) in [5.74, 6) is -0.318. The van der Waals surface area contributed by atoms with Crippen molar-refractivity contribution in [3.05, 3.63) is 51.9 Å². The number of rotatable bonds is 6. The SMILES string of the molecule is COC(=O)[C@H](C)Sc1nc2c(c(=O)n1CCc1ccccc1)S[C@@H](C)C2. The lowest BCUT2D eigenvalue weighted by Crippen LogP contribution is -2.27. The molecule has 0 unspecified atom stereocenters. The van der Waals surface area contributed by atoms with Crippen LogP contribution in [0.4, 0.5) is 0 Å². The second-order valence-electron chi connectivity index (χ2n) is 6.28. The van der Waals surface area contributed by atoms with Crippen LogP contribution in [-0.4, -0.2) is 33.1 Å². The Morgan fingerprint density at radius 1 is 1.42 bits per heavy atom. The van der Waals surface area contributed by atoms with Crippen LogP contribution in [0.25, 0.3) is 0 Å². The summed E-state index contributed by atoms with van der Waals surface area (Å²) in [4.78, 5) is 30.3. The molecule has 0 spiro atoms. The van der Waals surface area contributed by atoms with Gasteiger partial charge >= 0.3 is 5.97 Å². The number of aromatic nitrogens is 2. The van der Waals surface area contributed by atoms with Crippen LogP contribution < -0.4 is 5.56 Å². The highest BCUT2D eigenvalue weighted by Gasteiger charge is 2.27. The number of esters is 1. The number of methoxy groups -OCH3 is 1. The second kappa shape index (κ2) is 8.31. The third kappa shape index (κ3) is 4.15. The average Bonchev–Trinajstić information content (AvgIpc) is 3.02. The Bertz CT molecular complexity index is 852. The zero-order chi connectivity index (χ0) is 18.7. The van der Waals surface area contributed by atoms with Gasteiger partial charge in [0.2, 0.25) is 0 Å². The van der Waals surface area contributed by atoms with Crippen LogP contribution in [-0.2, 0) is 28.9 Å². The molecule has 0 N–H and O–H groups in total. The van der Waals surface area contributed by atoms with Gasteiger partial charge < -0.3 is 4.74 Å². The van der Waals surface area contributed by atoms with Crippen LogP contribution in [0, 0.1) is 0 Å². The van der Waals surface area contributed by atoms with E-state index in [1.54, 1.807) is 23.3 Å². The molecule has 0 bridgehead atoms. The van der Waals surface area contributed by atoms with Crippen molar-refractivity contribution < 1.29 is 9.53 Å². The van der Waals surface area contributed by atoms with Gasteiger partial charge in [-0.1, -0.05) is 49.0 Å². The fourth-order valence-electron chi connectivity index (χ4n) is 2.88. The van der Waals surface area contributed by atoms with E-state index in [1.165, 1.54) is 18.9 Å². The second-order valence-corrected chi connectivity index (χ2v) is 9.04. The molecule has 0 saturated carbocycles. The topological polar surface area (TPSA) is 61.2 Å². The van der Waals surface area contributed by atoms with Gasteiger partial charge in [0.25, 0.3) is 5.56 Å². The Morgan fingerprint density at radius 3 is 2.85 bits per heavy atom. The van der Waals surface area contributed by atoms with Crippen LogP contribution >= 0.6 is 23.5 Å². The van der Waals surface area contributed by atoms with Crippen molar-refractivity contribution in [3.63, 3.8) is 0 Å². The van der Waals surface area contributed by atoms with Crippen molar-refractivity contribution in [1.29, 1.82) is 0 Å². The molecule has 1 aliphatic heterocycles. The van der Waals surface area contributed by atoms with Gasteiger partial charge in [-0.3, -0.25) is 14.2 Å². The lowest BCUT2D eigenvalue weighted by molar-refractivity contribution is -0.139. The van der Waals surface area contributed by atoms with Crippen molar-refractivity contribution in [2.75, 3.05) is 7.11 Å². The van der Waals surface area contributed by atoms with Crippen molar-refractivity contribution in [2.24, 2.45) is 0 Å². The Balaban J connectivity index is 1.93. The maximum atomic E-state index is 13.0. The number of aryl methyl sites for hydroxylation is 1. The highest BCUT2D eigenvalue weighted by molar-refractivity contribution is 8.00. The van der Waals surface area contributed by atoms with E-state index < -0.39 is 5.25 Å². The summed E-state index contributed by atoms with van der Waals surface area (Å²) in [5.41, 5.74) is 2.01. The van der Waals surface area contributed by atoms with Gasteiger partial charge in [0.1, 0.15) is 5.25 Å². The Morgan fingerprint density at radius 2 is 2.15 bits per heavy atom. The predicted octanol–water partition coefficient (Wildman–Crippen LogP) is 3.18. The summed E-state index contributed by atoms with van der Waals surface area (Å²) < 4.78 is 6.52. The van der Waals surface area contributed by atoms with E-state index in [0.717, 1.165) is 29.0 Å². The molecule has 2 heterocycles. The fraction of sp³-hybridized carbons (Fsp3) is 0.421. The van der Waals surface area contributed by atoms with Gasteiger partial charge in [-0.25, -0.2) is 4.98 Å². The van der Waals surface area contributed by atoms with Crippen LogP contribution in [0.2, 0.25) is 0 Å². The van der Waals surface area contributed by atoms with Gasteiger partial charge in [-0.05, 0) is 18.9 Å². The monoisotopic (exact) mass is 390 g/mol. The molecule has 1 aromatic heterocycles. The molecule has 2 aromatic rings. The molecule has 7 heteroatoms. The van der Waals surface area contributed by atoms with E-state index in [4.69, 9.17) is 9.72 Å². The lowest BCUT2D eigenvalue weighted by Gasteiger charge is -2.15. The number of benzene rings is 1. The number of ether oxygens (including phenoxy) is 1. The van der Waals surface area contributed by atoms with Crippen LogP contribution in [0.3, 0.4) is 0 Å². The third-order valence-corrected chi connectivity index (χ3v) is 6.53. The number of nitrogens with zero attached hydrogens (tertiary/aromatic N) is 2. The van der Waals surface area contributed by atoms with E-state index in [2.05, 4.69) is 6.92 Å². The highest BCUT2D eigenvalue weighted by atomic mass is 32.2. The van der Waals surface area contributed by atoms with Gasteiger partial charge in [0.05, 0.1) is 17.7 Å². The maximum Gasteiger partial charge on any atom is 0.318 e. The van der Waals surface area contributed by atoms with Gasteiger partial charge in [-0.2, -0.15) is 0 Å². The number of fused-ring (bicyclic) bond motifs is 1. The van der Waals surface area contributed by atoms with Crippen LogP contribution in [0.1, 0.15) is 25.1 Å². The molecule has 0 radical (unpaired) electrons. The molecule has 0 saturated heterocycles. The molecule has 3 rings (SSSR count). The van der Waals surface area contributed by atoms with Gasteiger partial charge in [0.15, 0.2) is 5.16 Å². The summed E-state index contributed by atoms with van der Waals surface area (Å²) in [5, 5.41) is 0.530. The van der Waals surface area contributed by atoms with E-state index >= 15 is 0 Å². The first-order valence-corrected chi connectivity index (χ1v) is 10.3. The van der Waals surface area contributed by atoms with Crippen molar-refractivity contribution in [2.45, 2.75) is 53.8 Å². The zero-order valence-electron chi connectivity index (χ0n) is 15.1. The summed E-state index contributed by atoms with van der Waals surface area (Å²) in [7, 11) is 1.37. The summed E-state index contributed by atoms with van der Waals surface area (Å²) in [6.07, 6.45) is 1.52. The molecule has 0 amide bonds. The summed E-state index contributed by atoms with van der Waals surface area (Å²) >= 11 is 2.88. The fourth-order valence-corrected chi connectivity index (χ4v) is 4.97. The third-order valence-electron chi connectivity index (χ3n) is 4.25. The molecule has 1 aromatic carbocycles. The van der Waals surface area contributed by atoms with Gasteiger partial charge in [-0.15, -0.1) is 11.8 Å². The molecule has 0 aliphatic carbocycles. The van der Waals surface area contributed by atoms with Crippen LogP contribution in [0.15, 0.2) is 45.2 Å². The average molecular weight is 391 g/mol. The van der Waals surface area contributed by atoms with E-state index in [9.17, 15) is 9.59 Å². The number of carbonyl (C=O) groups is 1. The molecule has 26 heavy (non-hydrogen) atoms. The number of thioether (sulfide) groups is 2. The minimum atomic E-state index is -0.417. The maximum absolute atomic E-state index is 13.0. The molecular formula is C19H22N2O3S2. The van der Waals surface area contributed by atoms with E-state index in [0.29, 0.717) is 17.0 Å². The molecule has 5 nitrogen and oxygen atoms in total. The molecule has 138 valence electrons. The number of hydrogen-bond donors (Lipinski definition) is 0. The first-order chi connectivity index (χ1) is 12.5. The smallest absolute Gasteiger partial charge is 0.318 e. The quantitative estimate of drug-likeness (QED) is 0.429. The number of hydrogen-bond acceptors (Lipinski definition) is 6. The van der Waals surface area contributed by atoms with Gasteiger partial charge in [0, 0.05) is 18.2 Å². The Kier molecular flexibility index (Phi) is 6.09. The highest BCUT2D eigenvalue weighted by Crippen LogP contribution is 2.34. The first-order valence-electron chi connectivity index (χ1n) is 8.58.